The first-order valence-electron chi connectivity index (χ1n) is 8.23. The van der Waals surface area contributed by atoms with Crippen LogP contribution in [-0.2, 0) is 14.3 Å². The third-order valence-corrected chi connectivity index (χ3v) is 3.74. The Morgan fingerprint density at radius 2 is 1.75 bits per heavy atom. The fraction of sp³-hybridized carbons (Fsp3) is 0.350. The molecule has 0 heterocycles. The minimum absolute atomic E-state index is 0.0676. The summed E-state index contributed by atoms with van der Waals surface area (Å²) < 4.78 is 16.0. The standard InChI is InChI=1S/C20H24O4/c1-3-16(2)20(21)23-13-12-22-15-24-19-11-7-10-18(14-19)17-8-5-4-6-9-17/h4-11,14,16H,3,12-13,15H2,1-2H3. The second-order valence-corrected chi connectivity index (χ2v) is 5.54. The van der Waals surface area contributed by atoms with Crippen molar-refractivity contribution in [1.82, 2.24) is 0 Å². The Bertz CT molecular complexity index is 625. The van der Waals surface area contributed by atoms with Gasteiger partial charge in [-0.2, -0.15) is 0 Å². The molecule has 0 saturated heterocycles. The molecule has 0 spiro atoms. The van der Waals surface area contributed by atoms with E-state index in [0.29, 0.717) is 6.61 Å². The maximum atomic E-state index is 11.5. The SMILES string of the molecule is CCC(C)C(=O)OCCOCOc1cccc(-c2ccccc2)c1. The van der Waals surface area contributed by atoms with Gasteiger partial charge in [-0.05, 0) is 29.7 Å². The minimum atomic E-state index is -0.183. The maximum absolute atomic E-state index is 11.5. The number of hydrogen-bond donors (Lipinski definition) is 0. The molecule has 2 aromatic rings. The molecule has 4 nitrogen and oxygen atoms in total. The number of carbonyl (C=O) groups excluding carboxylic acids is 1. The van der Waals surface area contributed by atoms with E-state index in [-0.39, 0.29) is 25.3 Å². The van der Waals surface area contributed by atoms with Gasteiger partial charge in [-0.1, -0.05) is 56.3 Å². The lowest BCUT2D eigenvalue weighted by molar-refractivity contribution is -0.150. The normalized spacial score (nSPS) is 11.8. The van der Waals surface area contributed by atoms with Gasteiger partial charge in [0.1, 0.15) is 12.4 Å². The van der Waals surface area contributed by atoms with Crippen molar-refractivity contribution in [3.8, 4) is 16.9 Å². The van der Waals surface area contributed by atoms with Gasteiger partial charge in [0.25, 0.3) is 0 Å². The average Bonchev–Trinajstić information content (AvgIpc) is 2.64. The van der Waals surface area contributed by atoms with Crippen molar-refractivity contribution in [2.24, 2.45) is 5.92 Å². The molecule has 1 atom stereocenters. The van der Waals surface area contributed by atoms with Gasteiger partial charge in [-0.15, -0.1) is 0 Å². The lowest BCUT2D eigenvalue weighted by Crippen LogP contribution is -2.17. The average molecular weight is 328 g/mol. The summed E-state index contributed by atoms with van der Waals surface area (Å²) >= 11 is 0. The second kappa shape index (κ2) is 9.73. The number of carbonyl (C=O) groups is 1. The minimum Gasteiger partial charge on any atom is -0.468 e. The highest BCUT2D eigenvalue weighted by Gasteiger charge is 2.11. The summed E-state index contributed by atoms with van der Waals surface area (Å²) in [6, 6.07) is 18.0. The van der Waals surface area contributed by atoms with Crippen molar-refractivity contribution in [3.63, 3.8) is 0 Å². The highest BCUT2D eigenvalue weighted by atomic mass is 16.7. The summed E-state index contributed by atoms with van der Waals surface area (Å²) in [5, 5.41) is 0. The topological polar surface area (TPSA) is 44.8 Å². The molecule has 0 radical (unpaired) electrons. The molecular weight excluding hydrogens is 304 g/mol. The van der Waals surface area contributed by atoms with Crippen LogP contribution in [0.3, 0.4) is 0 Å². The van der Waals surface area contributed by atoms with Gasteiger partial charge >= 0.3 is 5.97 Å². The molecule has 0 aliphatic rings. The Labute approximate surface area is 143 Å². The molecule has 0 saturated carbocycles. The molecule has 0 aromatic heterocycles. The van der Waals surface area contributed by atoms with E-state index >= 15 is 0 Å². The van der Waals surface area contributed by atoms with Gasteiger partial charge in [-0.25, -0.2) is 0 Å². The zero-order valence-electron chi connectivity index (χ0n) is 14.2. The number of rotatable bonds is 9. The summed E-state index contributed by atoms with van der Waals surface area (Å²) in [5.74, 6) is 0.493. The van der Waals surface area contributed by atoms with E-state index in [0.717, 1.165) is 23.3 Å². The molecule has 2 rings (SSSR count). The van der Waals surface area contributed by atoms with Crippen LogP contribution in [0.4, 0.5) is 0 Å². The predicted molar refractivity (Wildman–Crippen MR) is 93.7 cm³/mol. The Balaban J connectivity index is 1.71. The molecule has 0 aliphatic carbocycles. The Morgan fingerprint density at radius 1 is 1.00 bits per heavy atom. The fourth-order valence-electron chi connectivity index (χ4n) is 2.07. The third kappa shape index (κ3) is 5.70. The van der Waals surface area contributed by atoms with Crippen molar-refractivity contribution >= 4 is 5.97 Å². The predicted octanol–water partition coefficient (Wildman–Crippen LogP) is 4.30. The molecule has 0 fully saturated rings. The largest absolute Gasteiger partial charge is 0.468 e. The van der Waals surface area contributed by atoms with Gasteiger partial charge in [0.05, 0.1) is 12.5 Å². The highest BCUT2D eigenvalue weighted by Crippen LogP contribution is 2.23. The summed E-state index contributed by atoms with van der Waals surface area (Å²) in [7, 11) is 0. The van der Waals surface area contributed by atoms with Crippen LogP contribution >= 0.6 is 0 Å². The van der Waals surface area contributed by atoms with Crippen LogP contribution in [0, 0.1) is 5.92 Å². The van der Waals surface area contributed by atoms with E-state index < -0.39 is 0 Å². The number of hydrogen-bond acceptors (Lipinski definition) is 4. The van der Waals surface area contributed by atoms with Gasteiger partial charge < -0.3 is 14.2 Å². The summed E-state index contributed by atoms with van der Waals surface area (Å²) in [5.41, 5.74) is 2.23. The highest BCUT2D eigenvalue weighted by molar-refractivity contribution is 5.71. The van der Waals surface area contributed by atoms with Crippen LogP contribution in [0.1, 0.15) is 20.3 Å². The Hall–Kier alpha value is -2.33. The van der Waals surface area contributed by atoms with Crippen LogP contribution in [0.5, 0.6) is 5.75 Å². The van der Waals surface area contributed by atoms with E-state index in [4.69, 9.17) is 14.2 Å². The first-order valence-corrected chi connectivity index (χ1v) is 8.23. The first kappa shape index (κ1) is 18.0. The Kier molecular flexibility index (Phi) is 7.30. The lowest BCUT2D eigenvalue weighted by Gasteiger charge is -2.11. The zero-order valence-corrected chi connectivity index (χ0v) is 14.2. The quantitative estimate of drug-likeness (QED) is 0.391. The lowest BCUT2D eigenvalue weighted by atomic mass is 10.1. The number of benzene rings is 2. The molecule has 1 unspecified atom stereocenters. The maximum Gasteiger partial charge on any atom is 0.308 e. The molecule has 0 N–H and O–H groups in total. The van der Waals surface area contributed by atoms with Crippen molar-refractivity contribution in [2.75, 3.05) is 20.0 Å². The molecule has 24 heavy (non-hydrogen) atoms. The van der Waals surface area contributed by atoms with Crippen LogP contribution in [-0.4, -0.2) is 26.0 Å². The number of esters is 1. The summed E-state index contributed by atoms with van der Waals surface area (Å²) in [6.45, 7) is 4.50. The van der Waals surface area contributed by atoms with Gasteiger partial charge in [0.2, 0.25) is 0 Å². The van der Waals surface area contributed by atoms with Crippen LogP contribution in [0.15, 0.2) is 54.6 Å². The molecule has 0 aliphatic heterocycles. The van der Waals surface area contributed by atoms with Gasteiger partial charge in [0, 0.05) is 0 Å². The molecule has 0 bridgehead atoms. The summed E-state index contributed by atoms with van der Waals surface area (Å²) in [4.78, 5) is 11.5. The van der Waals surface area contributed by atoms with E-state index in [2.05, 4.69) is 12.1 Å². The fourth-order valence-corrected chi connectivity index (χ4v) is 2.07. The van der Waals surface area contributed by atoms with E-state index in [1.807, 2.05) is 56.3 Å². The van der Waals surface area contributed by atoms with Gasteiger partial charge in [0.15, 0.2) is 6.79 Å². The van der Waals surface area contributed by atoms with E-state index in [1.165, 1.54) is 0 Å². The Morgan fingerprint density at radius 3 is 2.50 bits per heavy atom. The van der Waals surface area contributed by atoms with Crippen LogP contribution in [0.25, 0.3) is 11.1 Å². The van der Waals surface area contributed by atoms with Crippen LogP contribution in [0.2, 0.25) is 0 Å². The number of ether oxygens (including phenoxy) is 3. The molecular formula is C20H24O4. The van der Waals surface area contributed by atoms with Crippen molar-refractivity contribution in [2.45, 2.75) is 20.3 Å². The summed E-state index contributed by atoms with van der Waals surface area (Å²) in [6.07, 6.45) is 0.778. The molecule has 2 aromatic carbocycles. The second-order valence-electron chi connectivity index (χ2n) is 5.54. The first-order chi connectivity index (χ1) is 11.7. The van der Waals surface area contributed by atoms with E-state index in [1.54, 1.807) is 0 Å². The third-order valence-electron chi connectivity index (χ3n) is 3.74. The van der Waals surface area contributed by atoms with Crippen molar-refractivity contribution in [3.05, 3.63) is 54.6 Å². The molecule has 4 heteroatoms. The molecule has 0 amide bonds. The monoisotopic (exact) mass is 328 g/mol. The smallest absolute Gasteiger partial charge is 0.308 e. The van der Waals surface area contributed by atoms with Crippen molar-refractivity contribution in [1.29, 1.82) is 0 Å². The van der Waals surface area contributed by atoms with Gasteiger partial charge in [-0.3, -0.25) is 4.79 Å². The van der Waals surface area contributed by atoms with Crippen molar-refractivity contribution < 1.29 is 19.0 Å². The van der Waals surface area contributed by atoms with E-state index in [9.17, 15) is 4.79 Å². The van der Waals surface area contributed by atoms with Crippen LogP contribution < -0.4 is 4.74 Å². The zero-order chi connectivity index (χ0) is 17.2. The molecule has 128 valence electrons.